The van der Waals surface area contributed by atoms with E-state index in [9.17, 15) is 15.3 Å². The Labute approximate surface area is 184 Å². The molecule has 0 aliphatic rings. The minimum atomic E-state index is -0.493. The lowest BCUT2D eigenvalue weighted by Crippen LogP contribution is -2.21. The second-order valence-corrected chi connectivity index (χ2v) is 12.9. The maximum atomic E-state index is 9.45. The van der Waals surface area contributed by atoms with Crippen LogP contribution >= 0.6 is 0 Å². The van der Waals surface area contributed by atoms with Crippen LogP contribution in [0.3, 0.4) is 0 Å². The van der Waals surface area contributed by atoms with E-state index < -0.39 is 16.8 Å². The summed E-state index contributed by atoms with van der Waals surface area (Å²) in [6, 6.07) is 0. The number of hydrogen-bond donors (Lipinski definition) is 3. The largest absolute Gasteiger partial charge is 0.390 e. The van der Waals surface area contributed by atoms with Crippen LogP contribution in [0.2, 0.25) is 0 Å². The Morgan fingerprint density at radius 3 is 1.07 bits per heavy atom. The lowest BCUT2D eigenvalue weighted by Gasteiger charge is -2.24. The molecule has 0 bridgehead atoms. The Bertz CT molecular complexity index is 357. The fourth-order valence-corrected chi connectivity index (χ4v) is 2.59. The molecule has 0 aromatic carbocycles. The highest BCUT2D eigenvalue weighted by atomic mass is 16.3. The fraction of sp³-hybridized carbons (Fsp3) is 1.00. The van der Waals surface area contributed by atoms with Crippen molar-refractivity contribution in [3.63, 3.8) is 0 Å². The standard InChI is InChI=1S/C10H22O.C9H20O.C7H16O/c1-8(2)9(3)6-7-10(4,5)11;1-8(2,3)6-7-9(4,5)10;1-6(2)5-7(3,4)8/h8-9,11H,6-7H2,1-5H3;10H,6-7H2,1-5H3;6,8H,5H2,1-4H3. The van der Waals surface area contributed by atoms with Crippen molar-refractivity contribution in [3.8, 4) is 0 Å². The van der Waals surface area contributed by atoms with Gasteiger partial charge >= 0.3 is 0 Å². The van der Waals surface area contributed by atoms with Crippen LogP contribution in [-0.2, 0) is 0 Å². The maximum absolute atomic E-state index is 9.45. The first kappa shape index (κ1) is 33.5. The zero-order valence-corrected chi connectivity index (χ0v) is 22.6. The van der Waals surface area contributed by atoms with Gasteiger partial charge in [0.1, 0.15) is 0 Å². The monoisotopic (exact) mass is 418 g/mol. The van der Waals surface area contributed by atoms with Crippen molar-refractivity contribution in [1.29, 1.82) is 0 Å². The Balaban J connectivity index is -0.000000354. The van der Waals surface area contributed by atoms with Gasteiger partial charge in [-0.2, -0.15) is 0 Å². The van der Waals surface area contributed by atoms with Gasteiger partial charge in [-0.1, -0.05) is 55.4 Å². The molecule has 3 nitrogen and oxygen atoms in total. The molecule has 1 unspecified atom stereocenters. The topological polar surface area (TPSA) is 60.7 Å². The molecule has 0 saturated carbocycles. The van der Waals surface area contributed by atoms with E-state index in [-0.39, 0.29) is 0 Å². The lowest BCUT2D eigenvalue weighted by molar-refractivity contribution is 0.0574. The Hall–Kier alpha value is -0.120. The summed E-state index contributed by atoms with van der Waals surface area (Å²) in [5.74, 6) is 2.05. The highest BCUT2D eigenvalue weighted by Crippen LogP contribution is 2.25. The SMILES string of the molecule is CC(C)(C)CCC(C)(C)O.CC(C)C(C)CCC(C)(C)O.CC(C)CC(C)(C)O. The van der Waals surface area contributed by atoms with E-state index in [0.29, 0.717) is 11.3 Å². The number of rotatable bonds is 8. The van der Waals surface area contributed by atoms with Crippen LogP contribution in [0.4, 0.5) is 0 Å². The van der Waals surface area contributed by atoms with Crippen molar-refractivity contribution < 1.29 is 15.3 Å². The second kappa shape index (κ2) is 14.0. The van der Waals surface area contributed by atoms with Gasteiger partial charge in [0.05, 0.1) is 16.8 Å². The molecule has 0 aliphatic heterocycles. The average molecular weight is 419 g/mol. The molecule has 0 amide bonds. The summed E-state index contributed by atoms with van der Waals surface area (Å²) in [5.41, 5.74) is -1.11. The Kier molecular flexibility index (Phi) is 16.2. The predicted octanol–water partition coefficient (Wildman–Crippen LogP) is 7.22. The molecular weight excluding hydrogens is 360 g/mol. The van der Waals surface area contributed by atoms with E-state index in [4.69, 9.17) is 0 Å². The molecule has 0 spiro atoms. The van der Waals surface area contributed by atoms with Gasteiger partial charge in [0.2, 0.25) is 0 Å². The van der Waals surface area contributed by atoms with Crippen molar-refractivity contribution in [2.24, 2.45) is 23.2 Å². The smallest absolute Gasteiger partial charge is 0.0594 e. The van der Waals surface area contributed by atoms with Crippen molar-refractivity contribution >= 4 is 0 Å². The predicted molar refractivity (Wildman–Crippen MR) is 130 cm³/mol. The highest BCUT2D eigenvalue weighted by molar-refractivity contribution is 4.71. The van der Waals surface area contributed by atoms with Crippen molar-refractivity contribution in [3.05, 3.63) is 0 Å². The van der Waals surface area contributed by atoms with Crippen LogP contribution in [0.25, 0.3) is 0 Å². The van der Waals surface area contributed by atoms with Crippen molar-refractivity contribution in [2.45, 2.75) is 146 Å². The Morgan fingerprint density at radius 1 is 0.552 bits per heavy atom. The van der Waals surface area contributed by atoms with Gasteiger partial charge in [-0.15, -0.1) is 0 Å². The first-order valence-corrected chi connectivity index (χ1v) is 11.6. The first-order valence-electron chi connectivity index (χ1n) is 11.6. The van der Waals surface area contributed by atoms with Gasteiger partial charge < -0.3 is 15.3 Å². The molecule has 180 valence electrons. The van der Waals surface area contributed by atoms with Crippen molar-refractivity contribution in [1.82, 2.24) is 0 Å². The third-order valence-corrected chi connectivity index (χ3v) is 4.74. The van der Waals surface area contributed by atoms with E-state index >= 15 is 0 Å². The van der Waals surface area contributed by atoms with Crippen LogP contribution in [0.5, 0.6) is 0 Å². The van der Waals surface area contributed by atoms with E-state index in [1.54, 1.807) is 0 Å². The first-order chi connectivity index (χ1) is 12.5. The molecule has 0 aliphatic carbocycles. The molecular formula is C26H58O3. The average Bonchev–Trinajstić information content (AvgIpc) is 2.39. The van der Waals surface area contributed by atoms with Gasteiger partial charge in [-0.05, 0) is 96.8 Å². The highest BCUT2D eigenvalue weighted by Gasteiger charge is 2.18. The van der Waals surface area contributed by atoms with E-state index in [0.717, 1.165) is 43.9 Å². The molecule has 3 heteroatoms. The molecule has 0 aromatic rings. The molecule has 0 heterocycles. The fourth-order valence-electron chi connectivity index (χ4n) is 2.59. The van der Waals surface area contributed by atoms with E-state index in [1.165, 1.54) is 0 Å². The summed E-state index contributed by atoms with van der Waals surface area (Å²) in [5, 5.41) is 28.0. The van der Waals surface area contributed by atoms with Crippen molar-refractivity contribution in [2.75, 3.05) is 0 Å². The third kappa shape index (κ3) is 39.0. The summed E-state index contributed by atoms with van der Waals surface area (Å²) in [4.78, 5) is 0. The zero-order chi connectivity index (χ0) is 24.3. The summed E-state index contributed by atoms with van der Waals surface area (Å²) >= 11 is 0. The molecule has 0 fully saturated rings. The molecule has 0 rings (SSSR count). The minimum absolute atomic E-state index is 0.347. The van der Waals surface area contributed by atoms with Gasteiger partial charge in [0, 0.05) is 0 Å². The van der Waals surface area contributed by atoms with Crippen LogP contribution in [0.1, 0.15) is 129 Å². The molecule has 1 atom stereocenters. The lowest BCUT2D eigenvalue weighted by atomic mass is 9.86. The minimum Gasteiger partial charge on any atom is -0.390 e. The maximum Gasteiger partial charge on any atom is 0.0594 e. The molecule has 29 heavy (non-hydrogen) atoms. The third-order valence-electron chi connectivity index (χ3n) is 4.74. The second-order valence-electron chi connectivity index (χ2n) is 12.9. The van der Waals surface area contributed by atoms with Crippen LogP contribution < -0.4 is 0 Å². The van der Waals surface area contributed by atoms with Gasteiger partial charge in [0.25, 0.3) is 0 Å². The van der Waals surface area contributed by atoms with E-state index in [1.807, 2.05) is 41.5 Å². The van der Waals surface area contributed by atoms with Gasteiger partial charge in [-0.3, -0.25) is 0 Å². The summed E-state index contributed by atoms with van der Waals surface area (Å²) < 4.78 is 0. The summed E-state index contributed by atoms with van der Waals surface area (Å²) in [6.45, 7) is 28.7. The van der Waals surface area contributed by atoms with Gasteiger partial charge in [0.15, 0.2) is 0 Å². The number of aliphatic hydroxyl groups is 3. The van der Waals surface area contributed by atoms with Crippen LogP contribution in [0.15, 0.2) is 0 Å². The molecule has 0 saturated heterocycles. The Morgan fingerprint density at radius 2 is 0.931 bits per heavy atom. The quantitative estimate of drug-likeness (QED) is 0.390. The van der Waals surface area contributed by atoms with Crippen LogP contribution in [0, 0.1) is 23.2 Å². The summed E-state index contributed by atoms with van der Waals surface area (Å²) in [6.07, 6.45) is 4.88. The van der Waals surface area contributed by atoms with Crippen LogP contribution in [-0.4, -0.2) is 32.1 Å². The van der Waals surface area contributed by atoms with Gasteiger partial charge in [-0.25, -0.2) is 0 Å². The molecule has 0 aromatic heterocycles. The zero-order valence-electron chi connectivity index (χ0n) is 22.6. The normalized spacial score (nSPS) is 14.2. The molecule has 3 N–H and O–H groups in total. The number of hydrogen-bond acceptors (Lipinski definition) is 3. The summed E-state index contributed by atoms with van der Waals surface area (Å²) in [7, 11) is 0. The van der Waals surface area contributed by atoms with E-state index in [2.05, 4.69) is 55.4 Å². The molecule has 0 radical (unpaired) electrons.